The molecule has 4 rings (SSSR count). The molecule has 0 aliphatic carbocycles. The molecular weight excluding hydrogens is 362 g/mol. The first-order valence-corrected chi connectivity index (χ1v) is 10.2. The number of thiophene rings is 2. The largest absolute Gasteiger partial charge is 0.287 e. The normalized spacial score (nSPS) is 11.5. The van der Waals surface area contributed by atoms with Crippen molar-refractivity contribution < 1.29 is 0 Å². The molecule has 4 aromatic heterocycles. The van der Waals surface area contributed by atoms with Gasteiger partial charge in [0, 0.05) is 41.1 Å². The van der Waals surface area contributed by atoms with E-state index in [1.165, 1.54) is 9.75 Å². The van der Waals surface area contributed by atoms with Gasteiger partial charge in [0.25, 0.3) is 5.56 Å². The van der Waals surface area contributed by atoms with Crippen molar-refractivity contribution >= 4 is 28.3 Å². The van der Waals surface area contributed by atoms with Gasteiger partial charge < -0.3 is 0 Å². The third-order valence-electron chi connectivity index (χ3n) is 4.24. The molecule has 0 aliphatic heterocycles. The fourth-order valence-electron chi connectivity index (χ4n) is 3.09. The number of hydrogen-bond acceptors (Lipinski definition) is 5. The Morgan fingerprint density at radius 3 is 2.27 bits per heavy atom. The van der Waals surface area contributed by atoms with Crippen molar-refractivity contribution in [1.29, 1.82) is 0 Å². The van der Waals surface area contributed by atoms with E-state index in [0.29, 0.717) is 12.2 Å². The van der Waals surface area contributed by atoms with Crippen LogP contribution in [-0.4, -0.2) is 14.3 Å². The van der Waals surface area contributed by atoms with Crippen LogP contribution in [0.5, 0.6) is 0 Å². The molecular formula is C20H19N3OS2. The van der Waals surface area contributed by atoms with Crippen molar-refractivity contribution in [3.8, 4) is 0 Å². The summed E-state index contributed by atoms with van der Waals surface area (Å²) >= 11 is 3.52. The fourth-order valence-corrected chi connectivity index (χ4v) is 4.58. The van der Waals surface area contributed by atoms with Crippen LogP contribution < -0.4 is 5.56 Å². The van der Waals surface area contributed by atoms with Gasteiger partial charge in [-0.15, -0.1) is 22.7 Å². The van der Waals surface area contributed by atoms with E-state index in [-0.39, 0.29) is 5.56 Å². The quantitative estimate of drug-likeness (QED) is 0.499. The first-order chi connectivity index (χ1) is 12.7. The van der Waals surface area contributed by atoms with Crippen LogP contribution >= 0.6 is 22.7 Å². The number of hydrogen-bond donors (Lipinski definition) is 0. The van der Waals surface area contributed by atoms with E-state index in [1.54, 1.807) is 33.1 Å². The highest BCUT2D eigenvalue weighted by molar-refractivity contribution is 7.10. The SMILES string of the molecule is Cc1cccc2nc(CN(Cc3cccs3)Cc3cccs3)cc(=O)n12. The number of pyridine rings is 1. The third-order valence-corrected chi connectivity index (χ3v) is 5.96. The van der Waals surface area contributed by atoms with Crippen molar-refractivity contribution in [2.24, 2.45) is 0 Å². The number of fused-ring (bicyclic) bond motifs is 1. The highest BCUT2D eigenvalue weighted by Crippen LogP contribution is 2.19. The lowest BCUT2D eigenvalue weighted by Gasteiger charge is -2.21. The smallest absolute Gasteiger partial charge is 0.258 e. The second-order valence-corrected chi connectivity index (χ2v) is 8.31. The average Bonchev–Trinajstić information content (AvgIpc) is 3.28. The second kappa shape index (κ2) is 7.53. The highest BCUT2D eigenvalue weighted by Gasteiger charge is 2.12. The van der Waals surface area contributed by atoms with Gasteiger partial charge >= 0.3 is 0 Å². The molecule has 6 heteroatoms. The number of aromatic nitrogens is 2. The van der Waals surface area contributed by atoms with Gasteiger partial charge in [0.15, 0.2) is 0 Å². The first-order valence-electron chi connectivity index (χ1n) is 8.44. The maximum atomic E-state index is 12.5. The Morgan fingerprint density at radius 2 is 1.65 bits per heavy atom. The van der Waals surface area contributed by atoms with E-state index in [4.69, 9.17) is 4.98 Å². The second-order valence-electron chi connectivity index (χ2n) is 6.25. The van der Waals surface area contributed by atoms with Crippen molar-refractivity contribution in [2.75, 3.05) is 0 Å². The molecule has 0 unspecified atom stereocenters. The molecule has 0 amide bonds. The van der Waals surface area contributed by atoms with Crippen molar-refractivity contribution in [3.63, 3.8) is 0 Å². The minimum absolute atomic E-state index is 0.0182. The Hall–Kier alpha value is -2.28. The summed E-state index contributed by atoms with van der Waals surface area (Å²) in [5.41, 5.74) is 2.41. The maximum Gasteiger partial charge on any atom is 0.258 e. The number of nitrogens with zero attached hydrogens (tertiary/aromatic N) is 3. The van der Waals surface area contributed by atoms with Gasteiger partial charge in [-0.25, -0.2) is 4.98 Å². The first kappa shape index (κ1) is 17.1. The number of rotatable bonds is 6. The Morgan fingerprint density at radius 1 is 0.962 bits per heavy atom. The van der Waals surface area contributed by atoms with Crippen LogP contribution in [-0.2, 0) is 19.6 Å². The minimum atomic E-state index is -0.0182. The van der Waals surface area contributed by atoms with Crippen LogP contribution in [0.4, 0.5) is 0 Å². The van der Waals surface area contributed by atoms with Crippen molar-refractivity contribution in [3.05, 3.63) is 90.8 Å². The Labute approximate surface area is 160 Å². The summed E-state index contributed by atoms with van der Waals surface area (Å²) in [6.07, 6.45) is 0. The van der Waals surface area contributed by atoms with E-state index >= 15 is 0 Å². The van der Waals surface area contributed by atoms with Crippen LogP contribution in [0.2, 0.25) is 0 Å². The summed E-state index contributed by atoms with van der Waals surface area (Å²) < 4.78 is 1.66. The lowest BCUT2D eigenvalue weighted by molar-refractivity contribution is 0.249. The van der Waals surface area contributed by atoms with Crippen LogP contribution in [0.25, 0.3) is 5.65 Å². The summed E-state index contributed by atoms with van der Waals surface area (Å²) in [6.45, 7) is 4.28. The summed E-state index contributed by atoms with van der Waals surface area (Å²) in [6, 6.07) is 15.9. The monoisotopic (exact) mass is 381 g/mol. The molecule has 4 heterocycles. The predicted molar refractivity (Wildman–Crippen MR) is 108 cm³/mol. The van der Waals surface area contributed by atoms with Crippen LogP contribution in [0.15, 0.2) is 64.1 Å². The van der Waals surface area contributed by atoms with Gasteiger partial charge in [-0.05, 0) is 41.9 Å². The topological polar surface area (TPSA) is 37.6 Å². The molecule has 4 nitrogen and oxygen atoms in total. The van der Waals surface area contributed by atoms with E-state index in [2.05, 4.69) is 39.9 Å². The third kappa shape index (κ3) is 3.77. The minimum Gasteiger partial charge on any atom is -0.287 e. The van der Waals surface area contributed by atoms with E-state index in [1.807, 2.05) is 25.1 Å². The zero-order chi connectivity index (χ0) is 17.9. The fraction of sp³-hybridized carbons (Fsp3) is 0.200. The molecule has 0 fully saturated rings. The van der Waals surface area contributed by atoms with Gasteiger partial charge in [0.2, 0.25) is 0 Å². The Kier molecular flexibility index (Phi) is 4.97. The molecule has 0 saturated heterocycles. The zero-order valence-corrected chi connectivity index (χ0v) is 16.1. The van der Waals surface area contributed by atoms with E-state index in [0.717, 1.165) is 24.5 Å². The molecule has 0 aromatic carbocycles. The molecule has 0 spiro atoms. The van der Waals surface area contributed by atoms with Crippen LogP contribution in [0.1, 0.15) is 21.1 Å². The lowest BCUT2D eigenvalue weighted by Crippen LogP contribution is -2.25. The van der Waals surface area contributed by atoms with Crippen molar-refractivity contribution in [2.45, 2.75) is 26.6 Å². The molecule has 0 saturated carbocycles. The van der Waals surface area contributed by atoms with E-state index in [9.17, 15) is 4.79 Å². The number of aryl methyl sites for hydroxylation is 1. The average molecular weight is 382 g/mol. The van der Waals surface area contributed by atoms with Gasteiger partial charge in [-0.1, -0.05) is 18.2 Å². The molecule has 26 heavy (non-hydrogen) atoms. The Bertz CT molecular complexity index is 1020. The van der Waals surface area contributed by atoms with Gasteiger partial charge in [0.1, 0.15) is 5.65 Å². The van der Waals surface area contributed by atoms with Gasteiger partial charge in [-0.2, -0.15) is 0 Å². The molecule has 0 radical (unpaired) electrons. The molecule has 0 N–H and O–H groups in total. The highest BCUT2D eigenvalue weighted by atomic mass is 32.1. The maximum absolute atomic E-state index is 12.5. The lowest BCUT2D eigenvalue weighted by atomic mass is 10.3. The van der Waals surface area contributed by atoms with Crippen LogP contribution in [0, 0.1) is 6.92 Å². The standard InChI is InChI=1S/C20H19N3OS2/c1-15-5-2-8-19-21-16(11-20(24)23(15)19)12-22(13-17-6-3-9-25-17)14-18-7-4-10-26-18/h2-11H,12-14H2,1H3. The van der Waals surface area contributed by atoms with Gasteiger partial charge in [-0.3, -0.25) is 14.1 Å². The molecule has 132 valence electrons. The zero-order valence-electron chi connectivity index (χ0n) is 14.5. The summed E-state index contributed by atoms with van der Waals surface area (Å²) in [5, 5.41) is 4.20. The van der Waals surface area contributed by atoms with E-state index < -0.39 is 0 Å². The summed E-state index contributed by atoms with van der Waals surface area (Å²) in [7, 11) is 0. The predicted octanol–water partition coefficient (Wildman–Crippen LogP) is 4.33. The summed E-state index contributed by atoms with van der Waals surface area (Å²) in [5.74, 6) is 0. The molecule has 0 atom stereocenters. The Balaban J connectivity index is 1.64. The van der Waals surface area contributed by atoms with Gasteiger partial charge in [0.05, 0.1) is 5.69 Å². The van der Waals surface area contributed by atoms with Crippen molar-refractivity contribution in [1.82, 2.24) is 14.3 Å². The van der Waals surface area contributed by atoms with Crippen LogP contribution in [0.3, 0.4) is 0 Å². The molecule has 4 aromatic rings. The molecule has 0 aliphatic rings. The summed E-state index contributed by atoms with van der Waals surface area (Å²) in [4.78, 5) is 22.2. The molecule has 0 bridgehead atoms.